The van der Waals surface area contributed by atoms with Crippen LogP contribution in [0, 0.1) is 0 Å². The summed E-state index contributed by atoms with van der Waals surface area (Å²) >= 11 is 0. The van der Waals surface area contributed by atoms with Gasteiger partial charge in [-0.15, -0.1) is 0 Å². The van der Waals surface area contributed by atoms with E-state index in [-0.39, 0.29) is 0 Å². The molecule has 0 unspecified atom stereocenters. The summed E-state index contributed by atoms with van der Waals surface area (Å²) in [6.07, 6.45) is 3.03. The lowest BCUT2D eigenvalue weighted by atomic mass is 10.1. The second kappa shape index (κ2) is 4.46. The van der Waals surface area contributed by atoms with Gasteiger partial charge in [0.1, 0.15) is 12.4 Å². The zero-order chi connectivity index (χ0) is 12.5. The quantitative estimate of drug-likeness (QED) is 0.659. The van der Waals surface area contributed by atoms with Crippen LogP contribution in [0.1, 0.15) is 11.1 Å². The van der Waals surface area contributed by atoms with Gasteiger partial charge in [-0.05, 0) is 23.8 Å². The molecule has 1 aromatic carbocycles. The van der Waals surface area contributed by atoms with Gasteiger partial charge in [0.2, 0.25) is 0 Å². The Kier molecular flexibility index (Phi) is 2.80. The van der Waals surface area contributed by atoms with E-state index >= 15 is 0 Å². The highest BCUT2D eigenvalue weighted by Gasteiger charge is 2.21. The summed E-state index contributed by atoms with van der Waals surface area (Å²) in [4.78, 5) is 0. The monoisotopic (exact) mass is 244 g/mol. The Morgan fingerprint density at radius 3 is 3.00 bits per heavy atom. The topological polar surface area (TPSA) is 36.3 Å². The highest BCUT2D eigenvalue weighted by atomic mass is 16.5. The Hall–Kier alpha value is -1.81. The van der Waals surface area contributed by atoms with Crippen LogP contribution >= 0.6 is 0 Å². The molecule has 0 bridgehead atoms. The fourth-order valence-electron chi connectivity index (χ4n) is 2.38. The first-order valence-electron chi connectivity index (χ1n) is 6.05. The number of aromatic nitrogens is 2. The molecule has 1 heterocycles. The van der Waals surface area contributed by atoms with Crippen molar-refractivity contribution in [3.63, 3.8) is 0 Å². The summed E-state index contributed by atoms with van der Waals surface area (Å²) in [5.41, 5.74) is 4.92. The number of nitrogens with zero attached hydrogens (tertiary/aromatic N) is 2. The number of methoxy groups -OCH3 is 1. The van der Waals surface area contributed by atoms with Crippen molar-refractivity contribution in [2.45, 2.75) is 6.42 Å². The van der Waals surface area contributed by atoms with Gasteiger partial charge < -0.3 is 9.47 Å². The molecule has 1 aliphatic carbocycles. The number of benzene rings is 1. The van der Waals surface area contributed by atoms with Crippen molar-refractivity contribution in [2.75, 3.05) is 20.3 Å². The first-order chi connectivity index (χ1) is 8.78. The zero-order valence-corrected chi connectivity index (χ0v) is 10.6. The predicted molar refractivity (Wildman–Crippen MR) is 68.8 cm³/mol. The molecule has 0 fully saturated rings. The van der Waals surface area contributed by atoms with Crippen LogP contribution in [0.3, 0.4) is 0 Å². The molecular weight excluding hydrogens is 228 g/mol. The van der Waals surface area contributed by atoms with Crippen molar-refractivity contribution in [2.24, 2.45) is 7.05 Å². The summed E-state index contributed by atoms with van der Waals surface area (Å²) < 4.78 is 12.5. The van der Waals surface area contributed by atoms with Crippen molar-refractivity contribution in [1.82, 2.24) is 9.78 Å². The minimum absolute atomic E-state index is 0.585. The van der Waals surface area contributed by atoms with Crippen LogP contribution in [0.25, 0.3) is 11.3 Å². The van der Waals surface area contributed by atoms with Gasteiger partial charge in [-0.3, -0.25) is 4.68 Å². The molecule has 0 saturated carbocycles. The third-order valence-corrected chi connectivity index (χ3v) is 3.17. The van der Waals surface area contributed by atoms with E-state index < -0.39 is 0 Å². The van der Waals surface area contributed by atoms with Gasteiger partial charge in [-0.25, -0.2) is 0 Å². The maximum absolute atomic E-state index is 5.62. The Bertz CT molecular complexity index is 575. The molecule has 0 radical (unpaired) electrons. The highest BCUT2D eigenvalue weighted by molar-refractivity contribution is 5.73. The Morgan fingerprint density at radius 1 is 1.28 bits per heavy atom. The average Bonchev–Trinajstić information content (AvgIpc) is 2.84. The lowest BCUT2D eigenvalue weighted by molar-refractivity contribution is 0.146. The summed E-state index contributed by atoms with van der Waals surface area (Å²) in [6, 6.07) is 6.20. The van der Waals surface area contributed by atoms with E-state index in [4.69, 9.17) is 9.47 Å². The number of rotatable bonds is 4. The molecule has 0 N–H and O–H groups in total. The largest absolute Gasteiger partial charge is 0.491 e. The van der Waals surface area contributed by atoms with E-state index in [9.17, 15) is 0 Å². The molecule has 0 aliphatic heterocycles. The maximum Gasteiger partial charge on any atom is 0.119 e. The molecule has 3 rings (SSSR count). The average molecular weight is 244 g/mol. The van der Waals surface area contributed by atoms with Crippen LogP contribution in [0.2, 0.25) is 0 Å². The molecule has 0 atom stereocenters. The van der Waals surface area contributed by atoms with Gasteiger partial charge in [0, 0.05) is 37.9 Å². The molecule has 18 heavy (non-hydrogen) atoms. The summed E-state index contributed by atoms with van der Waals surface area (Å²) in [5, 5.41) is 4.49. The minimum atomic E-state index is 0.585. The molecule has 2 aromatic rings. The lowest BCUT2D eigenvalue weighted by Crippen LogP contribution is -2.04. The molecule has 1 aromatic heterocycles. The lowest BCUT2D eigenvalue weighted by Gasteiger charge is -2.07. The minimum Gasteiger partial charge on any atom is -0.491 e. The van der Waals surface area contributed by atoms with Gasteiger partial charge in [0.05, 0.1) is 12.3 Å². The van der Waals surface area contributed by atoms with Gasteiger partial charge in [0.25, 0.3) is 0 Å². The van der Waals surface area contributed by atoms with Gasteiger partial charge in [0.15, 0.2) is 0 Å². The molecule has 4 heteroatoms. The number of hydrogen-bond donors (Lipinski definition) is 0. The van der Waals surface area contributed by atoms with Crippen LogP contribution in [0.4, 0.5) is 0 Å². The summed E-state index contributed by atoms with van der Waals surface area (Å²) in [5.74, 6) is 0.903. The SMILES string of the molecule is COCCOc1ccc2c(c1)Cc1cn(C)nc1-2. The molecule has 4 nitrogen and oxygen atoms in total. The Morgan fingerprint density at radius 2 is 2.17 bits per heavy atom. The van der Waals surface area contributed by atoms with Crippen LogP contribution in [-0.2, 0) is 18.2 Å². The number of aryl methyl sites for hydroxylation is 1. The molecule has 0 spiro atoms. The highest BCUT2D eigenvalue weighted by Crippen LogP contribution is 2.36. The van der Waals surface area contributed by atoms with E-state index in [0.29, 0.717) is 13.2 Å². The molecule has 1 aliphatic rings. The van der Waals surface area contributed by atoms with E-state index in [2.05, 4.69) is 23.4 Å². The second-order valence-electron chi connectivity index (χ2n) is 4.51. The van der Waals surface area contributed by atoms with E-state index in [1.165, 1.54) is 16.7 Å². The third-order valence-electron chi connectivity index (χ3n) is 3.17. The normalized spacial score (nSPS) is 12.3. The number of ether oxygens (including phenoxy) is 2. The second-order valence-corrected chi connectivity index (χ2v) is 4.51. The fourth-order valence-corrected chi connectivity index (χ4v) is 2.38. The predicted octanol–water partition coefficient (Wildman–Crippen LogP) is 2.02. The van der Waals surface area contributed by atoms with E-state index in [1.54, 1.807) is 7.11 Å². The summed E-state index contributed by atoms with van der Waals surface area (Å²) in [6.45, 7) is 1.20. The molecule has 0 saturated heterocycles. The third kappa shape index (κ3) is 1.88. The fraction of sp³-hybridized carbons (Fsp3) is 0.357. The zero-order valence-electron chi connectivity index (χ0n) is 10.6. The summed E-state index contributed by atoms with van der Waals surface area (Å²) in [7, 11) is 3.63. The van der Waals surface area contributed by atoms with Crippen LogP contribution in [0.15, 0.2) is 24.4 Å². The van der Waals surface area contributed by atoms with Crippen LogP contribution in [0.5, 0.6) is 5.75 Å². The van der Waals surface area contributed by atoms with Crippen molar-refractivity contribution >= 4 is 0 Å². The van der Waals surface area contributed by atoms with Gasteiger partial charge >= 0.3 is 0 Å². The van der Waals surface area contributed by atoms with Gasteiger partial charge in [-0.2, -0.15) is 5.10 Å². The van der Waals surface area contributed by atoms with E-state index in [0.717, 1.165) is 17.9 Å². The first-order valence-corrected chi connectivity index (χ1v) is 6.05. The van der Waals surface area contributed by atoms with Crippen molar-refractivity contribution in [3.05, 3.63) is 35.5 Å². The smallest absolute Gasteiger partial charge is 0.119 e. The molecular formula is C14H16N2O2. The van der Waals surface area contributed by atoms with Crippen LogP contribution < -0.4 is 4.74 Å². The van der Waals surface area contributed by atoms with E-state index in [1.807, 2.05) is 17.8 Å². The van der Waals surface area contributed by atoms with Crippen molar-refractivity contribution in [1.29, 1.82) is 0 Å². The van der Waals surface area contributed by atoms with Gasteiger partial charge in [-0.1, -0.05) is 0 Å². The van der Waals surface area contributed by atoms with Crippen LogP contribution in [-0.4, -0.2) is 30.1 Å². The first kappa shape index (κ1) is 11.3. The van der Waals surface area contributed by atoms with Crippen molar-refractivity contribution < 1.29 is 9.47 Å². The Balaban J connectivity index is 1.83. The maximum atomic E-state index is 5.62. The number of hydrogen-bond acceptors (Lipinski definition) is 3. The molecule has 94 valence electrons. The van der Waals surface area contributed by atoms with Crippen molar-refractivity contribution in [3.8, 4) is 17.0 Å². The molecule has 0 amide bonds. The number of fused-ring (bicyclic) bond motifs is 3. The standard InChI is InChI=1S/C14H16N2O2/c1-16-9-11-7-10-8-12(18-6-5-17-2)3-4-13(10)14(11)15-16/h3-4,8-9H,5-7H2,1-2H3. The Labute approximate surface area is 106 Å².